The average molecular weight is 260 g/mol. The van der Waals surface area contributed by atoms with Gasteiger partial charge in [0.15, 0.2) is 0 Å². The second-order valence-electron chi connectivity index (χ2n) is 3.90. The highest BCUT2D eigenvalue weighted by Gasteiger charge is 2.12. The van der Waals surface area contributed by atoms with Crippen molar-refractivity contribution in [2.75, 3.05) is 7.11 Å². The second-order valence-corrected chi connectivity index (χ2v) is 3.90. The smallest absolute Gasteiger partial charge is 0.268 e. The SMILES string of the molecule is COc1cc(-c2cccc(F)c2)ccc1C(=O)NN. The maximum atomic E-state index is 13.2. The number of amides is 1. The van der Waals surface area contributed by atoms with E-state index in [-0.39, 0.29) is 5.82 Å². The summed E-state index contributed by atoms with van der Waals surface area (Å²) in [5, 5.41) is 0. The molecule has 2 aromatic carbocycles. The number of rotatable bonds is 3. The van der Waals surface area contributed by atoms with Crippen molar-refractivity contribution >= 4 is 5.91 Å². The summed E-state index contributed by atoms with van der Waals surface area (Å²) in [6.07, 6.45) is 0. The van der Waals surface area contributed by atoms with Crippen LogP contribution in [-0.4, -0.2) is 13.0 Å². The number of methoxy groups -OCH3 is 1. The molecule has 2 aromatic rings. The maximum Gasteiger partial charge on any atom is 0.268 e. The minimum atomic E-state index is -0.442. The monoisotopic (exact) mass is 260 g/mol. The van der Waals surface area contributed by atoms with E-state index in [1.807, 2.05) is 5.43 Å². The summed E-state index contributed by atoms with van der Waals surface area (Å²) in [6, 6.07) is 11.1. The third kappa shape index (κ3) is 2.71. The molecule has 0 aliphatic carbocycles. The Morgan fingerprint density at radius 1 is 1.21 bits per heavy atom. The predicted octanol–water partition coefficient (Wildman–Crippen LogP) is 2.10. The van der Waals surface area contributed by atoms with Crippen molar-refractivity contribution in [2.45, 2.75) is 0 Å². The van der Waals surface area contributed by atoms with E-state index in [1.165, 1.54) is 19.2 Å². The van der Waals surface area contributed by atoms with Crippen molar-refractivity contribution in [3.63, 3.8) is 0 Å². The van der Waals surface area contributed by atoms with E-state index >= 15 is 0 Å². The van der Waals surface area contributed by atoms with E-state index < -0.39 is 5.91 Å². The third-order valence-corrected chi connectivity index (χ3v) is 2.74. The highest BCUT2D eigenvalue weighted by molar-refractivity contribution is 5.97. The van der Waals surface area contributed by atoms with Gasteiger partial charge in [0, 0.05) is 0 Å². The van der Waals surface area contributed by atoms with E-state index in [9.17, 15) is 9.18 Å². The van der Waals surface area contributed by atoms with Gasteiger partial charge in [-0.05, 0) is 35.4 Å². The van der Waals surface area contributed by atoms with Gasteiger partial charge in [0.2, 0.25) is 0 Å². The van der Waals surface area contributed by atoms with Crippen molar-refractivity contribution in [3.05, 3.63) is 53.8 Å². The Kier molecular flexibility index (Phi) is 3.77. The number of nitrogens with one attached hydrogen (secondary N) is 1. The molecule has 0 saturated carbocycles. The average Bonchev–Trinajstić information content (AvgIpc) is 2.45. The molecule has 0 saturated heterocycles. The fraction of sp³-hybridized carbons (Fsp3) is 0.0714. The number of nitrogen functional groups attached to an aromatic ring is 1. The lowest BCUT2D eigenvalue weighted by Crippen LogP contribution is -2.30. The number of hydrogen-bond acceptors (Lipinski definition) is 3. The molecule has 0 radical (unpaired) electrons. The molecule has 2 rings (SSSR count). The standard InChI is InChI=1S/C14H13FN2O2/c1-19-13-8-10(5-6-12(13)14(18)17-16)9-3-2-4-11(15)7-9/h2-8H,16H2,1H3,(H,17,18). The summed E-state index contributed by atoms with van der Waals surface area (Å²) in [5.74, 6) is 4.71. The summed E-state index contributed by atoms with van der Waals surface area (Å²) in [4.78, 5) is 11.5. The van der Waals surface area contributed by atoms with E-state index in [2.05, 4.69) is 0 Å². The van der Waals surface area contributed by atoms with E-state index in [4.69, 9.17) is 10.6 Å². The fourth-order valence-corrected chi connectivity index (χ4v) is 1.80. The Morgan fingerprint density at radius 2 is 1.95 bits per heavy atom. The maximum absolute atomic E-state index is 13.2. The minimum Gasteiger partial charge on any atom is -0.496 e. The van der Waals surface area contributed by atoms with Gasteiger partial charge in [-0.25, -0.2) is 10.2 Å². The number of carbonyl (C=O) groups excluding carboxylic acids is 1. The van der Waals surface area contributed by atoms with Crippen LogP contribution in [0.3, 0.4) is 0 Å². The van der Waals surface area contributed by atoms with Gasteiger partial charge in [0.05, 0.1) is 12.7 Å². The molecule has 19 heavy (non-hydrogen) atoms. The van der Waals surface area contributed by atoms with Crippen LogP contribution < -0.4 is 16.0 Å². The van der Waals surface area contributed by atoms with Crippen LogP contribution in [0.5, 0.6) is 5.75 Å². The van der Waals surface area contributed by atoms with Crippen LogP contribution in [0.15, 0.2) is 42.5 Å². The zero-order valence-electron chi connectivity index (χ0n) is 10.3. The Balaban J connectivity index is 2.47. The molecule has 0 aliphatic heterocycles. The number of ether oxygens (including phenoxy) is 1. The lowest BCUT2D eigenvalue weighted by Gasteiger charge is -2.10. The van der Waals surface area contributed by atoms with Crippen LogP contribution in [0.1, 0.15) is 10.4 Å². The molecule has 3 N–H and O–H groups in total. The Morgan fingerprint density at radius 3 is 2.58 bits per heavy atom. The van der Waals surface area contributed by atoms with Crippen molar-refractivity contribution in [2.24, 2.45) is 5.84 Å². The summed E-state index contributed by atoms with van der Waals surface area (Å²) >= 11 is 0. The number of benzene rings is 2. The molecular weight excluding hydrogens is 247 g/mol. The molecule has 0 heterocycles. The van der Waals surface area contributed by atoms with Crippen LogP contribution in [0.2, 0.25) is 0 Å². The van der Waals surface area contributed by atoms with Crippen LogP contribution in [0.4, 0.5) is 4.39 Å². The molecule has 4 nitrogen and oxygen atoms in total. The third-order valence-electron chi connectivity index (χ3n) is 2.74. The Bertz CT molecular complexity index is 614. The van der Waals surface area contributed by atoms with Gasteiger partial charge < -0.3 is 4.74 Å². The molecule has 0 aliphatic rings. The van der Waals surface area contributed by atoms with Gasteiger partial charge in [0.1, 0.15) is 11.6 Å². The van der Waals surface area contributed by atoms with E-state index in [0.29, 0.717) is 16.9 Å². The number of hydrogen-bond donors (Lipinski definition) is 2. The predicted molar refractivity (Wildman–Crippen MR) is 70.0 cm³/mol. The molecule has 0 aromatic heterocycles. The molecule has 0 fully saturated rings. The van der Waals surface area contributed by atoms with Gasteiger partial charge in [-0.15, -0.1) is 0 Å². The lowest BCUT2D eigenvalue weighted by molar-refractivity contribution is 0.0950. The van der Waals surface area contributed by atoms with Crippen LogP contribution in [0, 0.1) is 5.82 Å². The van der Waals surface area contributed by atoms with Crippen molar-refractivity contribution < 1.29 is 13.9 Å². The lowest BCUT2D eigenvalue weighted by atomic mass is 10.0. The molecule has 0 unspecified atom stereocenters. The fourth-order valence-electron chi connectivity index (χ4n) is 1.80. The summed E-state index contributed by atoms with van der Waals surface area (Å²) < 4.78 is 18.3. The van der Waals surface area contributed by atoms with Gasteiger partial charge in [0.25, 0.3) is 5.91 Å². The molecule has 5 heteroatoms. The first-order valence-corrected chi connectivity index (χ1v) is 5.60. The first-order chi connectivity index (χ1) is 9.15. The number of hydrazine groups is 1. The van der Waals surface area contributed by atoms with Crippen molar-refractivity contribution in [3.8, 4) is 16.9 Å². The second kappa shape index (κ2) is 5.49. The zero-order valence-corrected chi connectivity index (χ0v) is 10.3. The highest BCUT2D eigenvalue weighted by atomic mass is 19.1. The highest BCUT2D eigenvalue weighted by Crippen LogP contribution is 2.27. The molecule has 0 bridgehead atoms. The molecule has 1 amide bonds. The molecular formula is C14H13FN2O2. The topological polar surface area (TPSA) is 64.3 Å². The molecule has 0 spiro atoms. The molecule has 0 atom stereocenters. The zero-order chi connectivity index (χ0) is 13.8. The number of nitrogens with two attached hydrogens (primary N) is 1. The quantitative estimate of drug-likeness (QED) is 0.504. The summed E-state index contributed by atoms with van der Waals surface area (Å²) in [6.45, 7) is 0. The normalized spacial score (nSPS) is 10.1. The first kappa shape index (κ1) is 13.0. The van der Waals surface area contributed by atoms with E-state index in [0.717, 1.165) is 5.56 Å². The number of carbonyl (C=O) groups is 1. The largest absolute Gasteiger partial charge is 0.496 e. The molecule has 98 valence electrons. The Labute approximate surface area is 110 Å². The van der Waals surface area contributed by atoms with Crippen LogP contribution in [0.25, 0.3) is 11.1 Å². The van der Waals surface area contributed by atoms with Crippen LogP contribution >= 0.6 is 0 Å². The summed E-state index contributed by atoms with van der Waals surface area (Å²) in [5.41, 5.74) is 3.83. The van der Waals surface area contributed by atoms with Crippen molar-refractivity contribution in [1.29, 1.82) is 0 Å². The Hall–Kier alpha value is -2.40. The van der Waals surface area contributed by atoms with Crippen molar-refractivity contribution in [1.82, 2.24) is 5.43 Å². The van der Waals surface area contributed by atoms with Crippen LogP contribution in [-0.2, 0) is 0 Å². The first-order valence-electron chi connectivity index (χ1n) is 5.60. The summed E-state index contributed by atoms with van der Waals surface area (Å²) in [7, 11) is 1.46. The van der Waals surface area contributed by atoms with E-state index in [1.54, 1.807) is 30.3 Å². The van der Waals surface area contributed by atoms with Gasteiger partial charge in [-0.3, -0.25) is 10.2 Å². The van der Waals surface area contributed by atoms with Gasteiger partial charge >= 0.3 is 0 Å². The van der Waals surface area contributed by atoms with Gasteiger partial charge in [-0.2, -0.15) is 0 Å². The number of halogens is 1. The van der Waals surface area contributed by atoms with Gasteiger partial charge in [-0.1, -0.05) is 18.2 Å². The minimum absolute atomic E-state index is 0.319.